The van der Waals surface area contributed by atoms with Crippen LogP contribution in [0, 0.1) is 0 Å². The van der Waals surface area contributed by atoms with Crippen LogP contribution in [0.1, 0.15) is 10.4 Å². The summed E-state index contributed by atoms with van der Waals surface area (Å²) in [4.78, 5) is 11.9. The Morgan fingerprint density at radius 1 is 1.22 bits per heavy atom. The topological polar surface area (TPSA) is 49.3 Å². The number of para-hydroxylation sites is 1. The molecule has 1 amide bonds. The van der Waals surface area contributed by atoms with Crippen molar-refractivity contribution in [1.29, 1.82) is 0 Å². The molecule has 18 heavy (non-hydrogen) atoms. The Morgan fingerprint density at radius 3 is 2.61 bits per heavy atom. The van der Waals surface area contributed by atoms with E-state index in [0.29, 0.717) is 15.2 Å². The number of hydrogen-bond donors (Lipinski definition) is 2. The number of rotatable bonds is 2. The smallest absolute Gasteiger partial charge is 0.259 e. The molecule has 0 fully saturated rings. The van der Waals surface area contributed by atoms with Gasteiger partial charge in [-0.3, -0.25) is 4.79 Å². The second kappa shape index (κ2) is 5.42. The Balaban J connectivity index is 2.24. The van der Waals surface area contributed by atoms with E-state index in [0.717, 1.165) is 0 Å². The minimum atomic E-state index is -0.379. The molecule has 0 saturated carbocycles. The fourth-order valence-corrected chi connectivity index (χ4v) is 2.23. The number of phenolic OH excluding ortho intramolecular Hbond substituents is 1. The Kier molecular flexibility index (Phi) is 3.89. The van der Waals surface area contributed by atoms with E-state index in [1.807, 2.05) is 0 Å². The summed E-state index contributed by atoms with van der Waals surface area (Å²) >= 11 is 9.12. The van der Waals surface area contributed by atoms with E-state index in [9.17, 15) is 9.90 Å². The van der Waals surface area contributed by atoms with Gasteiger partial charge in [-0.05, 0) is 46.3 Å². The third kappa shape index (κ3) is 2.83. The van der Waals surface area contributed by atoms with Crippen LogP contribution in [0.5, 0.6) is 5.75 Å². The number of amides is 1. The lowest BCUT2D eigenvalue weighted by Crippen LogP contribution is -2.12. The average molecular weight is 327 g/mol. The van der Waals surface area contributed by atoms with Crippen molar-refractivity contribution < 1.29 is 9.90 Å². The van der Waals surface area contributed by atoms with Crippen LogP contribution in [0.3, 0.4) is 0 Å². The molecule has 92 valence electrons. The highest BCUT2D eigenvalue weighted by atomic mass is 79.9. The predicted molar refractivity (Wildman–Crippen MR) is 75.2 cm³/mol. The van der Waals surface area contributed by atoms with Crippen molar-refractivity contribution in [2.24, 2.45) is 0 Å². The van der Waals surface area contributed by atoms with E-state index in [2.05, 4.69) is 21.2 Å². The van der Waals surface area contributed by atoms with Gasteiger partial charge in [0.1, 0.15) is 5.75 Å². The van der Waals surface area contributed by atoms with Crippen LogP contribution in [0.25, 0.3) is 0 Å². The van der Waals surface area contributed by atoms with Crippen molar-refractivity contribution in [2.75, 3.05) is 5.32 Å². The molecule has 2 rings (SSSR count). The highest BCUT2D eigenvalue weighted by Gasteiger charge is 2.11. The van der Waals surface area contributed by atoms with Gasteiger partial charge in [0.2, 0.25) is 0 Å². The first-order chi connectivity index (χ1) is 8.58. The maximum absolute atomic E-state index is 11.9. The fourth-order valence-electron chi connectivity index (χ4n) is 1.45. The molecule has 2 aromatic carbocycles. The van der Waals surface area contributed by atoms with Gasteiger partial charge < -0.3 is 10.4 Å². The van der Waals surface area contributed by atoms with Crippen molar-refractivity contribution in [2.45, 2.75) is 0 Å². The second-order valence-corrected chi connectivity index (χ2v) is 4.89. The first kappa shape index (κ1) is 12.9. The third-order valence-electron chi connectivity index (χ3n) is 2.33. The summed E-state index contributed by atoms with van der Waals surface area (Å²) in [5.74, 6) is -0.434. The van der Waals surface area contributed by atoms with Gasteiger partial charge in [0.15, 0.2) is 0 Å². The van der Waals surface area contributed by atoms with E-state index in [1.165, 1.54) is 6.07 Å². The van der Waals surface area contributed by atoms with Gasteiger partial charge in [-0.25, -0.2) is 0 Å². The van der Waals surface area contributed by atoms with Crippen molar-refractivity contribution in [3.8, 4) is 5.75 Å². The summed E-state index contributed by atoms with van der Waals surface area (Å²) in [5, 5.41) is 12.8. The molecule has 0 heterocycles. The SMILES string of the molecule is O=C(Nc1ccc(Cl)cc1Br)c1ccccc1O. The lowest BCUT2D eigenvalue weighted by molar-refractivity contribution is 0.102. The van der Waals surface area contributed by atoms with Gasteiger partial charge in [0.05, 0.1) is 11.3 Å². The normalized spacial score (nSPS) is 10.1. The third-order valence-corrected chi connectivity index (χ3v) is 3.22. The fraction of sp³-hybridized carbons (Fsp3) is 0. The standard InChI is InChI=1S/C13H9BrClNO2/c14-10-7-8(15)5-6-11(10)16-13(18)9-3-1-2-4-12(9)17/h1-7,17H,(H,16,18). The number of phenols is 1. The first-order valence-electron chi connectivity index (χ1n) is 5.12. The molecular weight excluding hydrogens is 318 g/mol. The van der Waals surface area contributed by atoms with Gasteiger partial charge in [0, 0.05) is 9.50 Å². The van der Waals surface area contributed by atoms with Crippen LogP contribution in [0.4, 0.5) is 5.69 Å². The predicted octanol–water partition coefficient (Wildman–Crippen LogP) is 4.06. The summed E-state index contributed by atoms with van der Waals surface area (Å²) in [7, 11) is 0. The maximum atomic E-state index is 11.9. The molecule has 2 aromatic rings. The molecule has 0 aromatic heterocycles. The van der Waals surface area contributed by atoms with Gasteiger partial charge in [0.25, 0.3) is 5.91 Å². The van der Waals surface area contributed by atoms with Crippen LogP contribution in [-0.4, -0.2) is 11.0 Å². The van der Waals surface area contributed by atoms with Crippen molar-refractivity contribution in [3.05, 3.63) is 57.5 Å². The van der Waals surface area contributed by atoms with Crippen molar-refractivity contribution in [3.63, 3.8) is 0 Å². The molecule has 0 aliphatic carbocycles. The first-order valence-corrected chi connectivity index (χ1v) is 6.29. The quantitative estimate of drug-likeness (QED) is 0.874. The number of benzene rings is 2. The van der Waals surface area contributed by atoms with Crippen molar-refractivity contribution in [1.82, 2.24) is 0 Å². The Bertz CT molecular complexity index is 601. The van der Waals surface area contributed by atoms with Crippen LogP contribution in [-0.2, 0) is 0 Å². The molecule has 0 saturated heterocycles. The molecule has 0 unspecified atom stereocenters. The number of halogens is 2. The lowest BCUT2D eigenvalue weighted by Gasteiger charge is -2.08. The summed E-state index contributed by atoms with van der Waals surface area (Å²) in [6, 6.07) is 11.4. The highest BCUT2D eigenvalue weighted by Crippen LogP contribution is 2.27. The van der Waals surface area contributed by atoms with E-state index >= 15 is 0 Å². The molecule has 0 spiro atoms. The number of hydrogen-bond acceptors (Lipinski definition) is 2. The molecule has 3 nitrogen and oxygen atoms in total. The van der Waals surface area contributed by atoms with Crippen LogP contribution in [0.2, 0.25) is 5.02 Å². The summed E-state index contributed by atoms with van der Waals surface area (Å²) in [6.45, 7) is 0. The maximum Gasteiger partial charge on any atom is 0.259 e. The molecule has 0 aliphatic rings. The van der Waals surface area contributed by atoms with E-state index in [-0.39, 0.29) is 17.2 Å². The molecule has 0 radical (unpaired) electrons. The van der Waals surface area contributed by atoms with Gasteiger partial charge in [-0.1, -0.05) is 23.7 Å². The summed E-state index contributed by atoms with van der Waals surface area (Å²) in [6.07, 6.45) is 0. The average Bonchev–Trinajstić information content (AvgIpc) is 2.33. The second-order valence-electron chi connectivity index (χ2n) is 3.60. The zero-order chi connectivity index (χ0) is 13.1. The monoisotopic (exact) mass is 325 g/mol. The van der Waals surface area contributed by atoms with Crippen molar-refractivity contribution >= 4 is 39.1 Å². The number of carbonyl (C=O) groups is 1. The Labute approximate surface area is 118 Å². The Hall–Kier alpha value is -1.52. The summed E-state index contributed by atoms with van der Waals surface area (Å²) in [5.41, 5.74) is 0.812. The molecule has 2 N–H and O–H groups in total. The minimum absolute atomic E-state index is 0.0555. The molecule has 0 bridgehead atoms. The molecule has 5 heteroatoms. The minimum Gasteiger partial charge on any atom is -0.507 e. The molecule has 0 aliphatic heterocycles. The summed E-state index contributed by atoms with van der Waals surface area (Å²) < 4.78 is 0.679. The number of anilines is 1. The highest BCUT2D eigenvalue weighted by molar-refractivity contribution is 9.10. The van der Waals surface area contributed by atoms with Crippen LogP contribution in [0.15, 0.2) is 46.9 Å². The molecular formula is C13H9BrClNO2. The number of aromatic hydroxyl groups is 1. The van der Waals surface area contributed by atoms with Gasteiger partial charge >= 0.3 is 0 Å². The lowest BCUT2D eigenvalue weighted by atomic mass is 10.2. The van der Waals surface area contributed by atoms with Gasteiger partial charge in [-0.2, -0.15) is 0 Å². The molecule has 0 atom stereocenters. The Morgan fingerprint density at radius 2 is 1.94 bits per heavy atom. The zero-order valence-corrected chi connectivity index (χ0v) is 11.5. The van der Waals surface area contributed by atoms with E-state index in [1.54, 1.807) is 36.4 Å². The zero-order valence-electron chi connectivity index (χ0n) is 9.15. The number of carbonyl (C=O) groups excluding carboxylic acids is 1. The van der Waals surface area contributed by atoms with E-state index in [4.69, 9.17) is 11.6 Å². The van der Waals surface area contributed by atoms with Gasteiger partial charge in [-0.15, -0.1) is 0 Å². The largest absolute Gasteiger partial charge is 0.507 e. The van der Waals surface area contributed by atoms with Crippen LogP contribution < -0.4 is 5.32 Å². The number of nitrogens with one attached hydrogen (secondary N) is 1. The van der Waals surface area contributed by atoms with Crippen LogP contribution >= 0.6 is 27.5 Å². The van der Waals surface area contributed by atoms with E-state index < -0.39 is 0 Å².